The van der Waals surface area contributed by atoms with Crippen LogP contribution in [-0.4, -0.2) is 59.7 Å². The molecule has 0 bridgehead atoms. The largest absolute Gasteiger partial charge is 0.484 e. The first-order valence-electron chi connectivity index (χ1n) is 8.41. The lowest BCUT2D eigenvalue weighted by Gasteiger charge is -2.40. The van der Waals surface area contributed by atoms with Crippen molar-refractivity contribution >= 4 is 17.7 Å². The summed E-state index contributed by atoms with van der Waals surface area (Å²) in [5, 5.41) is 0. The molecule has 25 heavy (non-hydrogen) atoms. The molecule has 1 aliphatic heterocycles. The van der Waals surface area contributed by atoms with E-state index in [1.54, 1.807) is 34.1 Å². The van der Waals surface area contributed by atoms with Crippen molar-refractivity contribution < 1.29 is 19.1 Å². The van der Waals surface area contributed by atoms with E-state index in [0.717, 1.165) is 0 Å². The van der Waals surface area contributed by atoms with Gasteiger partial charge in [0, 0.05) is 37.4 Å². The highest BCUT2D eigenvalue weighted by Gasteiger charge is 2.32. The summed E-state index contributed by atoms with van der Waals surface area (Å²) in [6.07, 6.45) is -0.344. The average molecular weight is 349 g/mol. The van der Waals surface area contributed by atoms with Crippen LogP contribution in [0.25, 0.3) is 0 Å². The number of nitrogens with two attached hydrogens (primary N) is 1. The van der Waals surface area contributed by atoms with E-state index in [2.05, 4.69) is 0 Å². The van der Waals surface area contributed by atoms with Gasteiger partial charge in [0.1, 0.15) is 11.4 Å². The Hall–Kier alpha value is -2.44. The highest BCUT2D eigenvalue weighted by atomic mass is 16.6. The van der Waals surface area contributed by atoms with Gasteiger partial charge in [0.05, 0.1) is 0 Å². The normalized spacial score (nSPS) is 18.0. The lowest BCUT2D eigenvalue weighted by molar-refractivity contribution is -0.136. The first kappa shape index (κ1) is 18.9. The van der Waals surface area contributed by atoms with Crippen molar-refractivity contribution in [3.8, 4) is 5.75 Å². The van der Waals surface area contributed by atoms with Crippen LogP contribution in [-0.2, 0) is 9.53 Å². The Morgan fingerprint density at radius 2 is 2.00 bits per heavy atom. The zero-order chi connectivity index (χ0) is 18.6. The van der Waals surface area contributed by atoms with Gasteiger partial charge in [0.2, 0.25) is 0 Å². The Bertz CT molecular complexity index is 627. The lowest BCUT2D eigenvalue weighted by Crippen LogP contribution is -2.56. The van der Waals surface area contributed by atoms with Crippen molar-refractivity contribution in [3.63, 3.8) is 0 Å². The van der Waals surface area contributed by atoms with Crippen molar-refractivity contribution in [1.82, 2.24) is 9.80 Å². The lowest BCUT2D eigenvalue weighted by atomic mass is 10.2. The molecule has 0 spiro atoms. The van der Waals surface area contributed by atoms with Gasteiger partial charge in [-0.15, -0.1) is 0 Å². The second-order valence-electron chi connectivity index (χ2n) is 7.22. The van der Waals surface area contributed by atoms with Gasteiger partial charge >= 0.3 is 6.09 Å². The number of hydrogen-bond acceptors (Lipinski definition) is 5. The van der Waals surface area contributed by atoms with Crippen LogP contribution in [0.1, 0.15) is 27.7 Å². The molecule has 2 rings (SSSR count). The van der Waals surface area contributed by atoms with Crippen molar-refractivity contribution in [3.05, 3.63) is 24.3 Å². The van der Waals surface area contributed by atoms with Crippen LogP contribution in [0.3, 0.4) is 0 Å². The molecule has 1 fully saturated rings. The number of amides is 2. The third-order valence-electron chi connectivity index (χ3n) is 3.83. The molecule has 0 unspecified atom stereocenters. The number of rotatable bonds is 3. The number of piperazine rings is 1. The van der Waals surface area contributed by atoms with Crippen molar-refractivity contribution in [2.45, 2.75) is 39.3 Å². The Kier molecular flexibility index (Phi) is 5.77. The second-order valence-corrected chi connectivity index (χ2v) is 7.22. The van der Waals surface area contributed by atoms with Crippen molar-refractivity contribution in [1.29, 1.82) is 0 Å². The Morgan fingerprint density at radius 3 is 2.60 bits per heavy atom. The third kappa shape index (κ3) is 5.55. The fourth-order valence-corrected chi connectivity index (χ4v) is 2.62. The van der Waals surface area contributed by atoms with E-state index in [1.165, 1.54) is 0 Å². The minimum atomic E-state index is -0.533. The summed E-state index contributed by atoms with van der Waals surface area (Å²) >= 11 is 0. The summed E-state index contributed by atoms with van der Waals surface area (Å²) in [5.41, 5.74) is 5.74. The summed E-state index contributed by atoms with van der Waals surface area (Å²) in [7, 11) is 0. The molecular formula is C18H27N3O4. The molecule has 0 saturated carbocycles. The Balaban J connectivity index is 1.85. The molecule has 1 saturated heterocycles. The molecule has 2 amide bonds. The number of anilines is 1. The Morgan fingerprint density at radius 1 is 1.28 bits per heavy atom. The molecule has 1 aromatic carbocycles. The summed E-state index contributed by atoms with van der Waals surface area (Å²) in [6.45, 7) is 8.72. The molecule has 2 N–H and O–H groups in total. The van der Waals surface area contributed by atoms with Crippen LogP contribution >= 0.6 is 0 Å². The number of carbonyl (C=O) groups excluding carboxylic acids is 2. The van der Waals surface area contributed by atoms with Gasteiger partial charge in [-0.1, -0.05) is 6.07 Å². The van der Waals surface area contributed by atoms with Gasteiger partial charge in [-0.3, -0.25) is 4.79 Å². The van der Waals surface area contributed by atoms with Gasteiger partial charge < -0.3 is 25.0 Å². The molecule has 7 nitrogen and oxygen atoms in total. The second kappa shape index (κ2) is 7.63. The predicted octanol–water partition coefficient (Wildman–Crippen LogP) is 2.12. The molecule has 1 aromatic rings. The highest BCUT2D eigenvalue weighted by molar-refractivity contribution is 5.78. The van der Waals surface area contributed by atoms with E-state index in [9.17, 15) is 9.59 Å². The summed E-state index contributed by atoms with van der Waals surface area (Å²) in [6, 6.07) is 6.85. The molecule has 0 aromatic heterocycles. The molecular weight excluding hydrogens is 322 g/mol. The van der Waals surface area contributed by atoms with Gasteiger partial charge in [-0.2, -0.15) is 0 Å². The van der Waals surface area contributed by atoms with E-state index in [4.69, 9.17) is 15.2 Å². The van der Waals surface area contributed by atoms with Crippen LogP contribution < -0.4 is 10.5 Å². The van der Waals surface area contributed by atoms with E-state index < -0.39 is 5.60 Å². The molecule has 1 atom stereocenters. The molecule has 1 heterocycles. The maximum atomic E-state index is 12.3. The molecule has 138 valence electrons. The fraction of sp³-hybridized carbons (Fsp3) is 0.556. The van der Waals surface area contributed by atoms with Gasteiger partial charge in [0.25, 0.3) is 5.91 Å². The minimum absolute atomic E-state index is 0.0530. The number of nitrogen functional groups attached to an aromatic ring is 1. The number of hydrogen-bond donors (Lipinski definition) is 1. The summed E-state index contributed by atoms with van der Waals surface area (Å²) < 4.78 is 10.9. The maximum absolute atomic E-state index is 12.3. The Labute approximate surface area is 148 Å². The van der Waals surface area contributed by atoms with Gasteiger partial charge in [-0.25, -0.2) is 4.79 Å². The summed E-state index contributed by atoms with van der Waals surface area (Å²) in [4.78, 5) is 27.9. The van der Waals surface area contributed by atoms with Gasteiger partial charge in [0.15, 0.2) is 6.61 Å². The smallest absolute Gasteiger partial charge is 0.410 e. The number of ether oxygens (including phenoxy) is 2. The van der Waals surface area contributed by atoms with Crippen LogP contribution in [0.5, 0.6) is 5.75 Å². The maximum Gasteiger partial charge on any atom is 0.410 e. The fourth-order valence-electron chi connectivity index (χ4n) is 2.62. The molecule has 0 aliphatic carbocycles. The van der Waals surface area contributed by atoms with Crippen molar-refractivity contribution in [2.24, 2.45) is 0 Å². The zero-order valence-corrected chi connectivity index (χ0v) is 15.3. The zero-order valence-electron chi connectivity index (χ0n) is 15.3. The monoisotopic (exact) mass is 349 g/mol. The highest BCUT2D eigenvalue weighted by Crippen LogP contribution is 2.17. The SMILES string of the molecule is C[C@H]1CN(C(=O)COc2cccc(N)c2)CCN1C(=O)OC(C)(C)C. The van der Waals surface area contributed by atoms with Gasteiger partial charge in [-0.05, 0) is 39.8 Å². The molecule has 0 radical (unpaired) electrons. The van der Waals surface area contributed by atoms with Crippen LogP contribution in [0.4, 0.5) is 10.5 Å². The summed E-state index contributed by atoms with van der Waals surface area (Å²) in [5.74, 6) is 0.451. The van der Waals surface area contributed by atoms with E-state index >= 15 is 0 Å². The standard InChI is InChI=1S/C18H27N3O4/c1-13-11-20(8-9-21(13)17(23)25-18(2,3)4)16(22)12-24-15-7-5-6-14(19)10-15/h5-7,10,13H,8-9,11-12,19H2,1-4H3/t13-/m0/s1. The third-order valence-corrected chi connectivity index (χ3v) is 3.83. The van der Waals surface area contributed by atoms with E-state index in [1.807, 2.05) is 27.7 Å². The van der Waals surface area contributed by atoms with Crippen molar-refractivity contribution in [2.75, 3.05) is 32.0 Å². The topological polar surface area (TPSA) is 85.1 Å². The van der Waals surface area contributed by atoms with Crippen LogP contribution in [0.15, 0.2) is 24.3 Å². The first-order valence-corrected chi connectivity index (χ1v) is 8.41. The minimum Gasteiger partial charge on any atom is -0.484 e. The number of nitrogens with zero attached hydrogens (tertiary/aromatic N) is 2. The first-order chi connectivity index (χ1) is 11.7. The predicted molar refractivity (Wildman–Crippen MR) is 95.3 cm³/mol. The molecule has 1 aliphatic rings. The molecule has 7 heteroatoms. The van der Waals surface area contributed by atoms with Crippen LogP contribution in [0, 0.1) is 0 Å². The van der Waals surface area contributed by atoms with Crippen LogP contribution in [0.2, 0.25) is 0 Å². The number of carbonyl (C=O) groups is 2. The average Bonchev–Trinajstić information content (AvgIpc) is 2.50. The quantitative estimate of drug-likeness (QED) is 0.845. The van der Waals surface area contributed by atoms with E-state index in [-0.39, 0.29) is 24.6 Å². The van der Waals surface area contributed by atoms with E-state index in [0.29, 0.717) is 31.1 Å². The number of benzene rings is 1.